The molecule has 10 heteroatoms. The number of H-pyrrole nitrogens is 1. The molecule has 1 amide bonds. The van der Waals surface area contributed by atoms with Gasteiger partial charge in [0.25, 0.3) is 0 Å². The molecule has 1 aliphatic heterocycles. The fraction of sp³-hybridized carbons (Fsp3) is 0.526. The maximum atomic E-state index is 12.2. The Morgan fingerprint density at radius 2 is 2.07 bits per heavy atom. The van der Waals surface area contributed by atoms with Crippen LogP contribution >= 0.6 is 12.2 Å². The second-order valence-electron chi connectivity index (χ2n) is 6.63. The zero-order valence-electron chi connectivity index (χ0n) is 17.1. The van der Waals surface area contributed by atoms with Crippen LogP contribution in [0.15, 0.2) is 37.2 Å². The molecule has 0 radical (unpaired) electrons. The van der Waals surface area contributed by atoms with Crippen molar-refractivity contribution in [2.24, 2.45) is 5.92 Å². The average Bonchev–Trinajstić information content (AvgIpc) is 2.80. The van der Waals surface area contributed by atoms with E-state index in [1.54, 1.807) is 0 Å². The molecule has 0 spiro atoms. The summed E-state index contributed by atoms with van der Waals surface area (Å²) in [6.07, 6.45) is 5.67. The standard InChI is InChI=1S/C14H25N3O2.C5H5NS.3H2O.2H2/c1-4-16-12(8-10(2)3)14(19)17-11-6-5-7-15-9-13(11)18;7-5-3-1-2-4-6-5;;;;;/h4,10-12,15-16H,1,5-9H2,2-3H3,(H,17,19);1-4H,(H,6,7);3*1H2;2*1H/t11-,12+;;;;;;/m1....../s1. The van der Waals surface area contributed by atoms with Crippen molar-refractivity contribution < 1.29 is 28.9 Å². The molecule has 1 fully saturated rings. The van der Waals surface area contributed by atoms with Crippen LogP contribution in [-0.4, -0.2) is 58.3 Å². The van der Waals surface area contributed by atoms with Crippen LogP contribution < -0.4 is 16.0 Å². The monoisotopic (exact) mass is 436 g/mol. The van der Waals surface area contributed by atoms with E-state index in [9.17, 15) is 9.59 Å². The van der Waals surface area contributed by atoms with Gasteiger partial charge < -0.3 is 37.4 Å². The van der Waals surface area contributed by atoms with Crippen LogP contribution in [0, 0.1) is 10.6 Å². The maximum absolute atomic E-state index is 12.2. The summed E-state index contributed by atoms with van der Waals surface area (Å²) in [7, 11) is 0. The number of carbonyl (C=O) groups is 2. The van der Waals surface area contributed by atoms with Gasteiger partial charge in [0, 0.05) is 9.05 Å². The molecule has 1 saturated heterocycles. The minimum Gasteiger partial charge on any atom is -0.412 e. The highest BCUT2D eigenvalue weighted by molar-refractivity contribution is 7.71. The number of aromatic nitrogens is 1. The first kappa shape index (κ1) is 31.6. The Labute approximate surface area is 180 Å². The van der Waals surface area contributed by atoms with Crippen LogP contribution in [0.1, 0.15) is 36.0 Å². The molecule has 2 atom stereocenters. The van der Waals surface area contributed by atoms with Gasteiger partial charge in [-0.15, -0.1) is 0 Å². The van der Waals surface area contributed by atoms with Gasteiger partial charge in [0.05, 0.1) is 12.6 Å². The average molecular weight is 437 g/mol. The van der Waals surface area contributed by atoms with Gasteiger partial charge in [-0.3, -0.25) is 9.59 Å². The third kappa shape index (κ3) is 13.7. The van der Waals surface area contributed by atoms with Crippen molar-refractivity contribution in [1.82, 2.24) is 20.9 Å². The van der Waals surface area contributed by atoms with E-state index in [1.807, 2.05) is 24.4 Å². The van der Waals surface area contributed by atoms with Crippen LogP contribution in [-0.2, 0) is 9.59 Å². The molecular formula is C19H40N4O5S. The van der Waals surface area contributed by atoms with Crippen molar-refractivity contribution in [2.75, 3.05) is 13.1 Å². The molecule has 172 valence electrons. The van der Waals surface area contributed by atoms with E-state index in [1.165, 1.54) is 6.20 Å². The molecular weight excluding hydrogens is 396 g/mol. The Hall–Kier alpha value is -2.11. The number of aromatic amines is 1. The summed E-state index contributed by atoms with van der Waals surface area (Å²) in [4.78, 5) is 26.9. The smallest absolute Gasteiger partial charge is 0.243 e. The minimum atomic E-state index is -0.358. The second kappa shape index (κ2) is 18.0. The molecule has 0 aromatic carbocycles. The fourth-order valence-corrected chi connectivity index (χ4v) is 2.74. The number of pyridine rings is 1. The Balaban J connectivity index is -0.000000162. The van der Waals surface area contributed by atoms with E-state index in [-0.39, 0.29) is 43.1 Å². The van der Waals surface area contributed by atoms with Crippen LogP contribution in [0.4, 0.5) is 0 Å². The lowest BCUT2D eigenvalue weighted by molar-refractivity contribution is -0.128. The molecule has 9 nitrogen and oxygen atoms in total. The van der Waals surface area contributed by atoms with E-state index in [2.05, 4.69) is 41.4 Å². The van der Waals surface area contributed by atoms with Crippen molar-refractivity contribution in [3.05, 3.63) is 41.8 Å². The number of ketones is 1. The summed E-state index contributed by atoms with van der Waals surface area (Å²) in [6.45, 7) is 8.90. The molecule has 0 bridgehead atoms. The number of hydrogen-bond donors (Lipinski definition) is 4. The highest BCUT2D eigenvalue weighted by atomic mass is 32.1. The van der Waals surface area contributed by atoms with Gasteiger partial charge in [-0.2, -0.15) is 0 Å². The van der Waals surface area contributed by atoms with Gasteiger partial charge in [-0.25, -0.2) is 0 Å². The second-order valence-corrected chi connectivity index (χ2v) is 7.07. The van der Waals surface area contributed by atoms with Gasteiger partial charge in [-0.1, -0.05) is 38.7 Å². The van der Waals surface area contributed by atoms with E-state index < -0.39 is 0 Å². The molecule has 0 unspecified atom stereocenters. The summed E-state index contributed by atoms with van der Waals surface area (Å²) in [5.41, 5.74) is 0. The topological polar surface area (TPSA) is 181 Å². The van der Waals surface area contributed by atoms with E-state index in [0.717, 1.165) is 24.0 Å². The van der Waals surface area contributed by atoms with Crippen molar-refractivity contribution in [2.45, 2.75) is 45.2 Å². The van der Waals surface area contributed by atoms with E-state index >= 15 is 0 Å². The van der Waals surface area contributed by atoms with Crippen molar-refractivity contribution in [3.8, 4) is 0 Å². The lowest BCUT2D eigenvalue weighted by Crippen LogP contribution is -2.50. The van der Waals surface area contributed by atoms with Crippen molar-refractivity contribution in [3.63, 3.8) is 0 Å². The zero-order valence-corrected chi connectivity index (χ0v) is 17.9. The highest BCUT2D eigenvalue weighted by Gasteiger charge is 2.26. The molecule has 0 saturated carbocycles. The number of rotatable bonds is 6. The Kier molecular flexibility index (Phi) is 19.6. The summed E-state index contributed by atoms with van der Waals surface area (Å²) in [5, 5.41) is 8.87. The van der Waals surface area contributed by atoms with Crippen LogP contribution in [0.2, 0.25) is 0 Å². The molecule has 0 aliphatic carbocycles. The summed E-state index contributed by atoms with van der Waals surface area (Å²) in [6, 6.07) is 4.97. The van der Waals surface area contributed by atoms with E-state index in [0.29, 0.717) is 18.9 Å². The zero-order chi connectivity index (χ0) is 19.4. The predicted molar refractivity (Wildman–Crippen MR) is 122 cm³/mol. The number of hydrogen-bond acceptors (Lipinski definition) is 5. The predicted octanol–water partition coefficient (Wildman–Crippen LogP) is 0.334. The summed E-state index contributed by atoms with van der Waals surface area (Å²) >= 11 is 4.76. The molecule has 29 heavy (non-hydrogen) atoms. The Bertz CT molecular complexity index is 632. The minimum absolute atomic E-state index is 0. The molecule has 1 aromatic heterocycles. The molecule has 1 aliphatic rings. The highest BCUT2D eigenvalue weighted by Crippen LogP contribution is 2.07. The van der Waals surface area contributed by atoms with Gasteiger partial charge in [0.15, 0.2) is 5.78 Å². The van der Waals surface area contributed by atoms with Crippen LogP contribution in [0.5, 0.6) is 0 Å². The normalized spacial score (nSPS) is 16.2. The van der Waals surface area contributed by atoms with Gasteiger partial charge >= 0.3 is 0 Å². The van der Waals surface area contributed by atoms with Gasteiger partial charge in [-0.05, 0) is 50.1 Å². The quantitative estimate of drug-likeness (QED) is 0.468. The lowest BCUT2D eigenvalue weighted by Gasteiger charge is -2.22. The van der Waals surface area contributed by atoms with Crippen molar-refractivity contribution in [1.29, 1.82) is 0 Å². The first-order chi connectivity index (χ1) is 12.4. The van der Waals surface area contributed by atoms with Gasteiger partial charge in [0.1, 0.15) is 10.7 Å². The third-order valence-corrected chi connectivity index (χ3v) is 4.13. The molecule has 1 aromatic rings. The lowest BCUT2D eigenvalue weighted by atomic mass is 10.0. The Morgan fingerprint density at radius 3 is 2.55 bits per heavy atom. The third-order valence-electron chi connectivity index (χ3n) is 3.87. The largest absolute Gasteiger partial charge is 0.412 e. The fourth-order valence-electron chi connectivity index (χ4n) is 2.59. The Morgan fingerprint density at radius 1 is 1.38 bits per heavy atom. The number of Topliss-reactive ketones (excluding diaryl/α,β-unsaturated/α-hetero) is 1. The number of carbonyl (C=O) groups excluding carboxylic acids is 2. The van der Waals surface area contributed by atoms with Crippen molar-refractivity contribution >= 4 is 23.9 Å². The van der Waals surface area contributed by atoms with E-state index in [4.69, 9.17) is 12.2 Å². The maximum Gasteiger partial charge on any atom is 0.243 e. The summed E-state index contributed by atoms with van der Waals surface area (Å²) < 4.78 is 0.780. The molecule has 10 N–H and O–H groups in total. The molecule has 2 rings (SSSR count). The molecule has 2 heterocycles. The van der Waals surface area contributed by atoms with Crippen LogP contribution in [0.3, 0.4) is 0 Å². The van der Waals surface area contributed by atoms with Crippen LogP contribution in [0.25, 0.3) is 0 Å². The number of nitrogens with one attached hydrogen (secondary N) is 4. The SMILES string of the molecule is C=CN[C@@H](CC(C)C)C(=O)N[C@@H]1CCCNCC1=O.O.O.O.S=c1cccc[nH]1.[HH].[HH]. The summed E-state index contributed by atoms with van der Waals surface area (Å²) in [5.74, 6) is 0.344. The first-order valence-corrected chi connectivity index (χ1v) is 9.39. The van der Waals surface area contributed by atoms with Gasteiger partial charge in [0.2, 0.25) is 5.91 Å². The first-order valence-electron chi connectivity index (χ1n) is 8.98. The number of amides is 1.